The van der Waals surface area contributed by atoms with E-state index in [0.29, 0.717) is 25.2 Å². The Morgan fingerprint density at radius 2 is 1.75 bits per heavy atom. The third kappa shape index (κ3) is 6.19. The van der Waals surface area contributed by atoms with Crippen molar-refractivity contribution in [3.05, 3.63) is 29.8 Å². The minimum absolute atomic E-state index is 0.501. The van der Waals surface area contributed by atoms with Crippen LogP contribution in [-0.2, 0) is 4.74 Å². The van der Waals surface area contributed by atoms with Gasteiger partial charge in [-0.1, -0.05) is 0 Å². The second-order valence-electron chi connectivity index (χ2n) is 4.23. The molecular weight excluding hydrogens is 254 g/mol. The fraction of sp³-hybridized carbons (Fsp3) is 0.467. The van der Waals surface area contributed by atoms with Crippen LogP contribution in [0.3, 0.4) is 0 Å². The summed E-state index contributed by atoms with van der Waals surface area (Å²) in [5.41, 5.74) is 0.619. The van der Waals surface area contributed by atoms with Gasteiger partial charge in [-0.05, 0) is 24.3 Å². The van der Waals surface area contributed by atoms with Crippen LogP contribution in [0, 0.1) is 22.7 Å². The third-order valence-electron chi connectivity index (χ3n) is 2.81. The van der Waals surface area contributed by atoms with Gasteiger partial charge in [0.1, 0.15) is 12.4 Å². The van der Waals surface area contributed by atoms with Gasteiger partial charge >= 0.3 is 0 Å². The normalized spacial score (nSPS) is 10.0. The lowest BCUT2D eigenvalue weighted by Gasteiger charge is -2.20. The molecule has 5 nitrogen and oxygen atoms in total. The molecule has 0 radical (unpaired) electrons. The Kier molecular flexibility index (Phi) is 7.83. The van der Waals surface area contributed by atoms with Gasteiger partial charge in [0.05, 0.1) is 24.3 Å². The van der Waals surface area contributed by atoms with E-state index in [2.05, 4.69) is 17.0 Å². The molecule has 0 saturated heterocycles. The van der Waals surface area contributed by atoms with E-state index in [1.54, 1.807) is 31.4 Å². The maximum Gasteiger partial charge on any atom is 0.119 e. The van der Waals surface area contributed by atoms with Crippen LogP contribution in [0.25, 0.3) is 0 Å². The maximum absolute atomic E-state index is 8.71. The maximum atomic E-state index is 8.71. The topological polar surface area (TPSA) is 69.3 Å². The molecule has 1 aromatic rings. The highest BCUT2D eigenvalue weighted by Crippen LogP contribution is 2.11. The molecule has 1 rings (SSSR count). The van der Waals surface area contributed by atoms with E-state index < -0.39 is 0 Å². The van der Waals surface area contributed by atoms with Crippen molar-refractivity contribution in [3.8, 4) is 17.9 Å². The molecule has 0 aliphatic carbocycles. The van der Waals surface area contributed by atoms with Gasteiger partial charge in [-0.2, -0.15) is 10.5 Å². The molecule has 0 saturated carbocycles. The summed E-state index contributed by atoms with van der Waals surface area (Å²) in [5.74, 6) is 0.746. The van der Waals surface area contributed by atoms with Crippen LogP contribution in [0.2, 0.25) is 0 Å². The molecule has 0 aliphatic heterocycles. The number of ether oxygens (including phenoxy) is 2. The van der Waals surface area contributed by atoms with Gasteiger partial charge in [0.2, 0.25) is 0 Å². The highest BCUT2D eigenvalue weighted by Gasteiger charge is 2.04. The molecule has 0 amide bonds. The van der Waals surface area contributed by atoms with Gasteiger partial charge in [0.25, 0.3) is 0 Å². The van der Waals surface area contributed by atoms with Crippen LogP contribution < -0.4 is 4.74 Å². The van der Waals surface area contributed by atoms with E-state index in [1.165, 1.54) is 0 Å². The van der Waals surface area contributed by atoms with Crippen LogP contribution in [0.1, 0.15) is 12.0 Å². The lowest BCUT2D eigenvalue weighted by atomic mass is 10.2. The molecule has 0 N–H and O–H groups in total. The van der Waals surface area contributed by atoms with Gasteiger partial charge in [-0.3, -0.25) is 4.90 Å². The van der Waals surface area contributed by atoms with Gasteiger partial charge in [-0.15, -0.1) is 0 Å². The van der Waals surface area contributed by atoms with Crippen molar-refractivity contribution < 1.29 is 9.47 Å². The van der Waals surface area contributed by atoms with Crippen LogP contribution >= 0.6 is 0 Å². The summed E-state index contributed by atoms with van der Waals surface area (Å²) in [6.07, 6.45) is 0.501. The minimum atomic E-state index is 0.501. The fourth-order valence-electron chi connectivity index (χ4n) is 1.68. The van der Waals surface area contributed by atoms with E-state index >= 15 is 0 Å². The average molecular weight is 273 g/mol. The Morgan fingerprint density at radius 3 is 2.35 bits per heavy atom. The second kappa shape index (κ2) is 9.80. The molecule has 20 heavy (non-hydrogen) atoms. The summed E-state index contributed by atoms with van der Waals surface area (Å²) < 4.78 is 10.7. The Balaban J connectivity index is 2.34. The standard InChI is InChI=1S/C15H19N3O2/c1-19-11-9-18(8-2-7-16)10-12-20-15-5-3-14(13-17)4-6-15/h3-6H,2,8-12H2,1H3. The number of rotatable bonds is 9. The zero-order chi connectivity index (χ0) is 14.6. The first-order valence-corrected chi connectivity index (χ1v) is 6.51. The largest absolute Gasteiger partial charge is 0.492 e. The number of nitrogens with zero attached hydrogens (tertiary/aromatic N) is 3. The first kappa shape index (κ1) is 16.0. The van der Waals surface area contributed by atoms with Crippen molar-refractivity contribution in [2.24, 2.45) is 0 Å². The summed E-state index contributed by atoms with van der Waals surface area (Å²) in [6.45, 7) is 3.43. The second-order valence-corrected chi connectivity index (χ2v) is 4.23. The Morgan fingerprint density at radius 1 is 1.05 bits per heavy atom. The molecule has 0 unspecified atom stereocenters. The van der Waals surface area contributed by atoms with Crippen molar-refractivity contribution in [2.75, 3.05) is 40.0 Å². The fourth-order valence-corrected chi connectivity index (χ4v) is 1.68. The average Bonchev–Trinajstić information content (AvgIpc) is 2.50. The zero-order valence-corrected chi connectivity index (χ0v) is 11.7. The van der Waals surface area contributed by atoms with Crippen molar-refractivity contribution in [1.29, 1.82) is 10.5 Å². The monoisotopic (exact) mass is 273 g/mol. The first-order valence-electron chi connectivity index (χ1n) is 6.51. The molecule has 0 heterocycles. The predicted octanol–water partition coefficient (Wildman–Crippen LogP) is 1.80. The highest BCUT2D eigenvalue weighted by molar-refractivity contribution is 5.34. The molecule has 0 aliphatic rings. The summed E-state index contributed by atoms with van der Waals surface area (Å²) in [5, 5.41) is 17.3. The van der Waals surface area contributed by atoms with E-state index in [-0.39, 0.29) is 0 Å². The summed E-state index contributed by atoms with van der Waals surface area (Å²) in [4.78, 5) is 2.14. The summed E-state index contributed by atoms with van der Waals surface area (Å²) in [6, 6.07) is 11.2. The van der Waals surface area contributed by atoms with Crippen molar-refractivity contribution in [1.82, 2.24) is 4.90 Å². The van der Waals surface area contributed by atoms with Crippen molar-refractivity contribution >= 4 is 0 Å². The molecule has 1 aromatic carbocycles. The molecule has 0 fully saturated rings. The van der Waals surface area contributed by atoms with Crippen molar-refractivity contribution in [3.63, 3.8) is 0 Å². The summed E-state index contributed by atoms with van der Waals surface area (Å²) in [7, 11) is 1.66. The first-order chi connectivity index (χ1) is 9.80. The molecule has 0 aromatic heterocycles. The third-order valence-corrected chi connectivity index (χ3v) is 2.81. The van der Waals surface area contributed by atoms with Gasteiger partial charge in [0.15, 0.2) is 0 Å². The molecule has 5 heteroatoms. The number of methoxy groups -OCH3 is 1. The van der Waals surface area contributed by atoms with E-state index in [0.717, 1.165) is 25.4 Å². The van der Waals surface area contributed by atoms with Gasteiger partial charge in [0, 0.05) is 33.2 Å². The van der Waals surface area contributed by atoms with Crippen LogP contribution in [0.4, 0.5) is 0 Å². The van der Waals surface area contributed by atoms with E-state index in [9.17, 15) is 0 Å². The highest BCUT2D eigenvalue weighted by atomic mass is 16.5. The number of nitriles is 2. The lowest BCUT2D eigenvalue weighted by molar-refractivity contribution is 0.136. The predicted molar refractivity (Wildman–Crippen MR) is 75.2 cm³/mol. The Hall–Kier alpha value is -2.08. The Labute approximate surface area is 119 Å². The molecule has 106 valence electrons. The smallest absolute Gasteiger partial charge is 0.119 e. The quantitative estimate of drug-likeness (QED) is 0.686. The SMILES string of the molecule is COCCN(CCC#N)CCOc1ccc(C#N)cc1. The number of hydrogen-bond acceptors (Lipinski definition) is 5. The van der Waals surface area contributed by atoms with Crippen LogP contribution in [0.5, 0.6) is 5.75 Å². The van der Waals surface area contributed by atoms with Crippen LogP contribution in [0.15, 0.2) is 24.3 Å². The van der Waals surface area contributed by atoms with Gasteiger partial charge in [-0.25, -0.2) is 0 Å². The molecule has 0 bridgehead atoms. The molecular formula is C15H19N3O2. The van der Waals surface area contributed by atoms with E-state index in [4.69, 9.17) is 20.0 Å². The lowest BCUT2D eigenvalue weighted by Crippen LogP contribution is -2.32. The molecule has 0 atom stereocenters. The molecule has 0 spiro atoms. The minimum Gasteiger partial charge on any atom is -0.492 e. The zero-order valence-electron chi connectivity index (χ0n) is 11.7. The van der Waals surface area contributed by atoms with Crippen molar-refractivity contribution in [2.45, 2.75) is 6.42 Å². The number of hydrogen-bond donors (Lipinski definition) is 0. The Bertz CT molecular complexity index is 459. The van der Waals surface area contributed by atoms with E-state index in [1.807, 2.05) is 0 Å². The summed E-state index contributed by atoms with van der Waals surface area (Å²) >= 11 is 0. The van der Waals surface area contributed by atoms with Gasteiger partial charge < -0.3 is 9.47 Å². The van der Waals surface area contributed by atoms with Crippen LogP contribution in [-0.4, -0.2) is 44.9 Å². The number of benzene rings is 1.